The van der Waals surface area contributed by atoms with Crippen LogP contribution in [0.4, 0.5) is 0 Å². The van der Waals surface area contributed by atoms with E-state index in [2.05, 4.69) is 20.5 Å². The van der Waals surface area contributed by atoms with Crippen LogP contribution in [0.3, 0.4) is 0 Å². The van der Waals surface area contributed by atoms with E-state index in [-0.39, 0.29) is 12.5 Å². The molecule has 3 aromatic heterocycles. The van der Waals surface area contributed by atoms with E-state index in [1.807, 2.05) is 65.4 Å². The quantitative estimate of drug-likeness (QED) is 0.477. The first-order chi connectivity index (χ1) is 14.2. The Morgan fingerprint density at radius 1 is 1.21 bits per heavy atom. The first-order valence-corrected chi connectivity index (χ1v) is 9.94. The Hall–Kier alpha value is -3.52. The lowest BCUT2D eigenvalue weighted by atomic mass is 10.2. The summed E-state index contributed by atoms with van der Waals surface area (Å²) in [5, 5.41) is 14.0. The van der Waals surface area contributed by atoms with Crippen LogP contribution in [0.25, 0.3) is 11.7 Å². The second-order valence-corrected chi connectivity index (χ2v) is 7.34. The Kier molecular flexibility index (Phi) is 5.62. The second kappa shape index (κ2) is 8.66. The monoisotopic (exact) mass is 405 g/mol. The number of amides is 1. The van der Waals surface area contributed by atoms with Crippen LogP contribution in [0.15, 0.2) is 60.1 Å². The number of nitrogens with zero attached hydrogens (tertiary/aromatic N) is 4. The molecule has 0 fully saturated rings. The highest BCUT2D eigenvalue weighted by molar-refractivity contribution is 7.09. The average molecular weight is 405 g/mol. The zero-order valence-electron chi connectivity index (χ0n) is 15.8. The van der Waals surface area contributed by atoms with Gasteiger partial charge in [0.2, 0.25) is 5.91 Å². The van der Waals surface area contributed by atoms with E-state index in [9.17, 15) is 4.79 Å². The number of pyridine rings is 1. The highest BCUT2D eigenvalue weighted by atomic mass is 32.1. The number of ether oxygens (including phenoxy) is 1. The summed E-state index contributed by atoms with van der Waals surface area (Å²) >= 11 is 1.59. The topological polar surface area (TPSA) is 81.4 Å². The molecule has 0 aliphatic rings. The molecule has 4 aromatic rings. The van der Waals surface area contributed by atoms with Crippen molar-refractivity contribution in [3.8, 4) is 5.75 Å². The molecule has 0 bridgehead atoms. The third-order valence-corrected chi connectivity index (χ3v) is 5.00. The molecule has 3 heterocycles. The highest BCUT2D eigenvalue weighted by Crippen LogP contribution is 2.21. The molecular weight excluding hydrogens is 386 g/mol. The van der Waals surface area contributed by atoms with E-state index in [4.69, 9.17) is 4.74 Å². The Bertz CT molecular complexity index is 1160. The van der Waals surface area contributed by atoms with Crippen molar-refractivity contribution in [1.82, 2.24) is 24.9 Å². The van der Waals surface area contributed by atoms with Crippen LogP contribution < -0.4 is 10.1 Å². The molecule has 0 aliphatic heterocycles. The van der Waals surface area contributed by atoms with Gasteiger partial charge < -0.3 is 10.1 Å². The second-order valence-electron chi connectivity index (χ2n) is 6.28. The smallest absolute Gasteiger partial charge is 0.244 e. The van der Waals surface area contributed by atoms with Crippen LogP contribution >= 0.6 is 11.3 Å². The minimum Gasteiger partial charge on any atom is -0.487 e. The molecule has 1 amide bonds. The van der Waals surface area contributed by atoms with E-state index in [0.717, 1.165) is 21.9 Å². The van der Waals surface area contributed by atoms with Crippen LogP contribution in [-0.4, -0.2) is 25.5 Å². The van der Waals surface area contributed by atoms with Crippen molar-refractivity contribution in [3.63, 3.8) is 0 Å². The predicted octanol–water partition coefficient (Wildman–Crippen LogP) is 3.40. The van der Waals surface area contributed by atoms with Crippen LogP contribution in [0.2, 0.25) is 0 Å². The summed E-state index contributed by atoms with van der Waals surface area (Å²) in [4.78, 5) is 16.6. The largest absolute Gasteiger partial charge is 0.487 e. The van der Waals surface area contributed by atoms with Crippen LogP contribution in [0.1, 0.15) is 22.1 Å². The number of benzene rings is 1. The number of hydrogen-bond acceptors (Lipinski definition) is 6. The lowest BCUT2D eigenvalue weighted by Gasteiger charge is -2.07. The predicted molar refractivity (Wildman–Crippen MR) is 111 cm³/mol. The molecule has 0 aliphatic carbocycles. The number of fused-ring (bicyclic) bond motifs is 1. The van der Waals surface area contributed by atoms with Crippen molar-refractivity contribution in [2.75, 3.05) is 0 Å². The minimum atomic E-state index is -0.220. The molecular formula is C21H19N5O2S. The Balaban J connectivity index is 1.37. The summed E-state index contributed by atoms with van der Waals surface area (Å²) in [6.45, 7) is 2.64. The van der Waals surface area contributed by atoms with E-state index >= 15 is 0 Å². The van der Waals surface area contributed by atoms with Crippen molar-refractivity contribution in [2.45, 2.75) is 20.1 Å². The van der Waals surface area contributed by atoms with Crippen molar-refractivity contribution in [1.29, 1.82) is 0 Å². The summed E-state index contributed by atoms with van der Waals surface area (Å²) in [5.41, 5.74) is 2.46. The summed E-state index contributed by atoms with van der Waals surface area (Å²) < 4.78 is 7.72. The summed E-state index contributed by atoms with van der Waals surface area (Å²) in [6.07, 6.45) is 5.08. The van der Waals surface area contributed by atoms with E-state index < -0.39 is 0 Å². The minimum absolute atomic E-state index is 0.220. The molecule has 8 heteroatoms. The number of carbonyl (C=O) groups excluding carboxylic acids is 1. The third kappa shape index (κ3) is 4.67. The van der Waals surface area contributed by atoms with E-state index in [1.165, 1.54) is 6.08 Å². The van der Waals surface area contributed by atoms with Crippen molar-refractivity contribution < 1.29 is 9.53 Å². The Morgan fingerprint density at radius 3 is 2.93 bits per heavy atom. The van der Waals surface area contributed by atoms with Crippen molar-refractivity contribution in [2.24, 2.45) is 0 Å². The number of aromatic nitrogens is 4. The van der Waals surface area contributed by atoms with Gasteiger partial charge in [0.25, 0.3) is 0 Å². The zero-order chi connectivity index (χ0) is 20.1. The lowest BCUT2D eigenvalue weighted by molar-refractivity contribution is -0.116. The van der Waals surface area contributed by atoms with Gasteiger partial charge in [-0.3, -0.25) is 9.20 Å². The first-order valence-electron chi connectivity index (χ1n) is 9.06. The van der Waals surface area contributed by atoms with Gasteiger partial charge in [0, 0.05) is 23.2 Å². The molecule has 1 N–H and O–H groups in total. The molecule has 4 rings (SSSR count). The van der Waals surface area contributed by atoms with Gasteiger partial charge in [0.15, 0.2) is 11.5 Å². The molecule has 29 heavy (non-hydrogen) atoms. The maximum Gasteiger partial charge on any atom is 0.244 e. The molecule has 7 nitrogen and oxygen atoms in total. The number of carbonyl (C=O) groups is 1. The molecule has 0 radical (unpaired) electrons. The van der Waals surface area contributed by atoms with Crippen molar-refractivity contribution in [3.05, 3.63) is 82.2 Å². The molecule has 0 spiro atoms. The molecule has 0 unspecified atom stereocenters. The van der Waals surface area contributed by atoms with Gasteiger partial charge >= 0.3 is 0 Å². The third-order valence-electron chi connectivity index (χ3n) is 4.18. The number of nitrogens with one attached hydrogen (secondary N) is 1. The first kappa shape index (κ1) is 18.8. The zero-order valence-corrected chi connectivity index (χ0v) is 16.6. The number of hydrogen-bond donors (Lipinski definition) is 1. The molecule has 0 saturated carbocycles. The average Bonchev–Trinajstić information content (AvgIpc) is 3.35. The van der Waals surface area contributed by atoms with Crippen LogP contribution in [0.5, 0.6) is 5.75 Å². The van der Waals surface area contributed by atoms with Gasteiger partial charge in [-0.2, -0.15) is 0 Å². The van der Waals surface area contributed by atoms with Gasteiger partial charge in [-0.15, -0.1) is 21.5 Å². The SMILES string of the molecule is Cc1nc(COc2ccccc2/C=C/C(=O)NCc2nnc3ccccn23)cs1. The molecule has 146 valence electrons. The number of para-hydroxylation sites is 1. The number of aryl methyl sites for hydroxylation is 1. The molecule has 0 atom stereocenters. The fourth-order valence-electron chi connectivity index (χ4n) is 2.78. The lowest BCUT2D eigenvalue weighted by Crippen LogP contribution is -2.21. The van der Waals surface area contributed by atoms with Gasteiger partial charge in [-0.25, -0.2) is 4.98 Å². The molecule has 0 saturated heterocycles. The maximum atomic E-state index is 12.2. The van der Waals surface area contributed by atoms with E-state index in [1.54, 1.807) is 17.4 Å². The van der Waals surface area contributed by atoms with Gasteiger partial charge in [0.1, 0.15) is 12.4 Å². The van der Waals surface area contributed by atoms with Crippen molar-refractivity contribution >= 4 is 29.0 Å². The fraction of sp³-hybridized carbons (Fsp3) is 0.143. The molecule has 1 aromatic carbocycles. The highest BCUT2D eigenvalue weighted by Gasteiger charge is 2.06. The summed E-state index contributed by atoms with van der Waals surface area (Å²) in [6, 6.07) is 13.2. The number of thiazole rings is 1. The Morgan fingerprint density at radius 2 is 2.07 bits per heavy atom. The summed E-state index contributed by atoms with van der Waals surface area (Å²) in [5.74, 6) is 1.15. The van der Waals surface area contributed by atoms with Crippen LogP contribution in [-0.2, 0) is 17.9 Å². The van der Waals surface area contributed by atoms with Gasteiger partial charge in [-0.05, 0) is 31.2 Å². The van der Waals surface area contributed by atoms with Gasteiger partial charge in [0.05, 0.1) is 17.2 Å². The normalized spacial score (nSPS) is 11.2. The summed E-state index contributed by atoms with van der Waals surface area (Å²) in [7, 11) is 0. The fourth-order valence-corrected chi connectivity index (χ4v) is 3.38. The van der Waals surface area contributed by atoms with Gasteiger partial charge in [-0.1, -0.05) is 24.3 Å². The van der Waals surface area contributed by atoms with Crippen LogP contribution in [0, 0.1) is 6.92 Å². The maximum absolute atomic E-state index is 12.2. The standard InChI is InChI=1S/C21H19N5O2S/c1-15-23-17(14-29-15)13-28-18-7-3-2-6-16(18)9-10-21(27)22-12-20-25-24-19-8-4-5-11-26(19)20/h2-11,14H,12-13H2,1H3,(H,22,27)/b10-9+. The van der Waals surface area contributed by atoms with E-state index in [0.29, 0.717) is 18.2 Å². The number of rotatable bonds is 7. The Labute approximate surface area is 171 Å².